The molecule has 1 aliphatic heterocycles. The third kappa shape index (κ3) is 2.03. The third-order valence-electron chi connectivity index (χ3n) is 4.07. The Labute approximate surface area is 106 Å². The molecule has 2 aliphatic rings. The van der Waals surface area contributed by atoms with Gasteiger partial charge in [-0.1, -0.05) is 6.92 Å². The highest BCUT2D eigenvalue weighted by atomic mass is 16.3. The van der Waals surface area contributed by atoms with Gasteiger partial charge in [-0.25, -0.2) is 4.98 Å². The van der Waals surface area contributed by atoms with Crippen LogP contribution in [0.2, 0.25) is 0 Å². The number of hydrogen-bond acceptors (Lipinski definition) is 4. The van der Waals surface area contributed by atoms with Crippen molar-refractivity contribution in [1.82, 2.24) is 9.97 Å². The Morgan fingerprint density at radius 3 is 2.94 bits per heavy atom. The standard InChI is InChI=1S/C13H19N3O2/c1-8-4-5-16(10(8)7-17)11-6-12(18)15-13(14-11)9-2-3-9/h6,8-10,17H,2-5,7H2,1H3,(H,14,15,18). The van der Waals surface area contributed by atoms with E-state index in [-0.39, 0.29) is 18.2 Å². The molecule has 2 fully saturated rings. The lowest BCUT2D eigenvalue weighted by Crippen LogP contribution is -2.36. The fourth-order valence-corrected chi connectivity index (χ4v) is 2.73. The molecule has 1 aromatic rings. The van der Waals surface area contributed by atoms with Crippen LogP contribution in [0.4, 0.5) is 5.82 Å². The van der Waals surface area contributed by atoms with Crippen molar-refractivity contribution in [2.75, 3.05) is 18.1 Å². The van der Waals surface area contributed by atoms with Gasteiger partial charge < -0.3 is 15.0 Å². The minimum atomic E-state index is -0.0851. The Bertz CT molecular complexity index is 495. The van der Waals surface area contributed by atoms with Crippen molar-refractivity contribution in [3.63, 3.8) is 0 Å². The zero-order chi connectivity index (χ0) is 12.7. The number of aliphatic hydroxyl groups excluding tert-OH is 1. The first-order chi connectivity index (χ1) is 8.69. The molecule has 2 heterocycles. The Morgan fingerprint density at radius 2 is 2.28 bits per heavy atom. The van der Waals surface area contributed by atoms with E-state index >= 15 is 0 Å². The average molecular weight is 249 g/mol. The number of anilines is 1. The summed E-state index contributed by atoms with van der Waals surface area (Å²) in [5.41, 5.74) is -0.0851. The molecular weight excluding hydrogens is 230 g/mol. The number of aliphatic hydroxyl groups is 1. The molecule has 0 spiro atoms. The van der Waals surface area contributed by atoms with Crippen molar-refractivity contribution >= 4 is 5.82 Å². The van der Waals surface area contributed by atoms with Crippen LogP contribution in [-0.2, 0) is 0 Å². The van der Waals surface area contributed by atoms with Crippen LogP contribution in [-0.4, -0.2) is 34.3 Å². The van der Waals surface area contributed by atoms with Crippen LogP contribution in [0.3, 0.4) is 0 Å². The number of nitrogens with one attached hydrogen (secondary N) is 1. The quantitative estimate of drug-likeness (QED) is 0.833. The molecular formula is C13H19N3O2. The van der Waals surface area contributed by atoms with Gasteiger partial charge in [0.2, 0.25) is 0 Å². The maximum Gasteiger partial charge on any atom is 0.252 e. The highest BCUT2D eigenvalue weighted by Crippen LogP contribution is 2.38. The molecule has 2 atom stereocenters. The van der Waals surface area contributed by atoms with Gasteiger partial charge in [0.15, 0.2) is 0 Å². The number of rotatable bonds is 3. The summed E-state index contributed by atoms with van der Waals surface area (Å²) in [5.74, 6) is 2.42. The lowest BCUT2D eigenvalue weighted by molar-refractivity contribution is 0.244. The normalized spacial score (nSPS) is 27.8. The molecule has 0 aromatic carbocycles. The average Bonchev–Trinajstić information content (AvgIpc) is 3.12. The smallest absolute Gasteiger partial charge is 0.252 e. The molecule has 0 radical (unpaired) electrons. The van der Waals surface area contributed by atoms with E-state index in [1.807, 2.05) is 0 Å². The zero-order valence-corrected chi connectivity index (χ0v) is 10.6. The van der Waals surface area contributed by atoms with E-state index in [2.05, 4.69) is 21.8 Å². The lowest BCUT2D eigenvalue weighted by atomic mass is 10.0. The van der Waals surface area contributed by atoms with E-state index in [1.165, 1.54) is 0 Å². The molecule has 0 amide bonds. The molecule has 1 saturated heterocycles. The van der Waals surface area contributed by atoms with Crippen LogP contribution < -0.4 is 10.5 Å². The molecule has 98 valence electrons. The van der Waals surface area contributed by atoms with E-state index in [0.29, 0.717) is 11.8 Å². The van der Waals surface area contributed by atoms with Crippen LogP contribution in [0.1, 0.15) is 37.9 Å². The van der Waals surface area contributed by atoms with Gasteiger partial charge in [0.05, 0.1) is 12.6 Å². The number of hydrogen-bond donors (Lipinski definition) is 2. The van der Waals surface area contributed by atoms with Crippen molar-refractivity contribution in [2.45, 2.75) is 38.1 Å². The molecule has 1 aliphatic carbocycles. The second kappa shape index (κ2) is 4.39. The Morgan fingerprint density at radius 1 is 1.50 bits per heavy atom. The number of aromatic nitrogens is 2. The van der Waals surface area contributed by atoms with Crippen LogP contribution in [0.25, 0.3) is 0 Å². The summed E-state index contributed by atoms with van der Waals surface area (Å²) in [5, 5.41) is 9.47. The van der Waals surface area contributed by atoms with Gasteiger partial charge in [-0.2, -0.15) is 0 Å². The molecule has 1 saturated carbocycles. The van der Waals surface area contributed by atoms with E-state index in [4.69, 9.17) is 0 Å². The molecule has 1 aromatic heterocycles. The van der Waals surface area contributed by atoms with Crippen LogP contribution in [0, 0.1) is 5.92 Å². The van der Waals surface area contributed by atoms with Gasteiger partial charge >= 0.3 is 0 Å². The van der Waals surface area contributed by atoms with Crippen LogP contribution in [0.15, 0.2) is 10.9 Å². The highest BCUT2D eigenvalue weighted by Gasteiger charge is 2.33. The van der Waals surface area contributed by atoms with Crippen LogP contribution in [0.5, 0.6) is 0 Å². The van der Waals surface area contributed by atoms with Gasteiger partial charge in [0.1, 0.15) is 11.6 Å². The van der Waals surface area contributed by atoms with Gasteiger partial charge in [0, 0.05) is 18.5 Å². The zero-order valence-electron chi connectivity index (χ0n) is 10.6. The summed E-state index contributed by atoms with van der Waals surface area (Å²) in [7, 11) is 0. The van der Waals surface area contributed by atoms with E-state index < -0.39 is 0 Å². The molecule has 5 heteroatoms. The first-order valence-electron chi connectivity index (χ1n) is 6.68. The molecule has 18 heavy (non-hydrogen) atoms. The van der Waals surface area contributed by atoms with Gasteiger partial charge in [-0.15, -0.1) is 0 Å². The first-order valence-corrected chi connectivity index (χ1v) is 6.68. The Hall–Kier alpha value is -1.36. The third-order valence-corrected chi connectivity index (χ3v) is 4.07. The first kappa shape index (κ1) is 11.7. The minimum Gasteiger partial charge on any atom is -0.394 e. The van der Waals surface area contributed by atoms with Crippen molar-refractivity contribution in [2.24, 2.45) is 5.92 Å². The Kier molecular flexibility index (Phi) is 2.86. The minimum absolute atomic E-state index is 0.0851. The van der Waals surface area contributed by atoms with Crippen molar-refractivity contribution in [3.8, 4) is 0 Å². The Balaban J connectivity index is 1.93. The van der Waals surface area contributed by atoms with Gasteiger partial charge in [0.25, 0.3) is 5.56 Å². The van der Waals surface area contributed by atoms with E-state index in [0.717, 1.165) is 37.4 Å². The summed E-state index contributed by atoms with van der Waals surface area (Å²) in [6.07, 6.45) is 3.27. The summed E-state index contributed by atoms with van der Waals surface area (Å²) in [6, 6.07) is 1.64. The summed E-state index contributed by atoms with van der Waals surface area (Å²) in [4.78, 5) is 21.2. The van der Waals surface area contributed by atoms with Gasteiger partial charge in [-0.05, 0) is 25.2 Å². The summed E-state index contributed by atoms with van der Waals surface area (Å²) >= 11 is 0. The second-order valence-corrected chi connectivity index (χ2v) is 5.47. The topological polar surface area (TPSA) is 69.2 Å². The van der Waals surface area contributed by atoms with Crippen LogP contribution >= 0.6 is 0 Å². The number of nitrogens with zero attached hydrogens (tertiary/aromatic N) is 2. The predicted molar refractivity (Wildman–Crippen MR) is 68.8 cm³/mol. The molecule has 2 unspecified atom stereocenters. The second-order valence-electron chi connectivity index (χ2n) is 5.47. The van der Waals surface area contributed by atoms with Gasteiger partial charge in [-0.3, -0.25) is 4.79 Å². The monoisotopic (exact) mass is 249 g/mol. The van der Waals surface area contributed by atoms with E-state index in [9.17, 15) is 9.90 Å². The molecule has 5 nitrogen and oxygen atoms in total. The largest absolute Gasteiger partial charge is 0.394 e. The molecule has 3 rings (SSSR count). The number of aromatic amines is 1. The lowest BCUT2D eigenvalue weighted by Gasteiger charge is -2.26. The maximum atomic E-state index is 11.7. The fraction of sp³-hybridized carbons (Fsp3) is 0.692. The van der Waals surface area contributed by atoms with Crippen molar-refractivity contribution < 1.29 is 5.11 Å². The highest BCUT2D eigenvalue weighted by molar-refractivity contribution is 5.41. The number of H-pyrrole nitrogens is 1. The molecule has 2 N–H and O–H groups in total. The summed E-state index contributed by atoms with van der Waals surface area (Å²) in [6.45, 7) is 3.12. The summed E-state index contributed by atoms with van der Waals surface area (Å²) < 4.78 is 0. The molecule has 0 bridgehead atoms. The SMILES string of the molecule is CC1CCN(c2cc(=O)[nH]c(C3CC3)n2)C1CO. The predicted octanol–water partition coefficient (Wildman–Crippen LogP) is 0.854. The van der Waals surface area contributed by atoms with Crippen molar-refractivity contribution in [1.29, 1.82) is 0 Å². The van der Waals surface area contributed by atoms with E-state index in [1.54, 1.807) is 6.07 Å². The fourth-order valence-electron chi connectivity index (χ4n) is 2.73. The van der Waals surface area contributed by atoms with Crippen molar-refractivity contribution in [3.05, 3.63) is 22.2 Å². The maximum absolute atomic E-state index is 11.7.